The number of amides is 1. The second-order valence-corrected chi connectivity index (χ2v) is 5.00. The molecule has 2 aromatic rings. The SMILES string of the molecule is CCOc1ccccc1CNC(=O)COc1cccc(Cl)c1. The number of nitrogens with one attached hydrogen (secondary N) is 1. The van der Waals surface area contributed by atoms with Crippen molar-refractivity contribution in [2.45, 2.75) is 13.5 Å². The van der Waals surface area contributed by atoms with E-state index >= 15 is 0 Å². The van der Waals surface area contributed by atoms with Gasteiger partial charge in [-0.25, -0.2) is 0 Å². The Labute approximate surface area is 135 Å². The maximum atomic E-state index is 11.8. The van der Waals surface area contributed by atoms with Gasteiger partial charge in [0.25, 0.3) is 5.91 Å². The molecule has 116 valence electrons. The van der Waals surface area contributed by atoms with Gasteiger partial charge in [0, 0.05) is 17.1 Å². The van der Waals surface area contributed by atoms with E-state index in [-0.39, 0.29) is 12.5 Å². The molecule has 0 aliphatic heterocycles. The summed E-state index contributed by atoms with van der Waals surface area (Å²) in [5, 5.41) is 3.38. The average Bonchev–Trinajstić information content (AvgIpc) is 2.52. The average molecular weight is 320 g/mol. The first-order valence-electron chi connectivity index (χ1n) is 7.05. The first-order valence-corrected chi connectivity index (χ1v) is 7.42. The first kappa shape index (κ1) is 16.2. The molecule has 0 heterocycles. The molecule has 2 aromatic carbocycles. The number of carbonyl (C=O) groups excluding carboxylic acids is 1. The lowest BCUT2D eigenvalue weighted by atomic mass is 10.2. The van der Waals surface area contributed by atoms with E-state index in [9.17, 15) is 4.79 Å². The summed E-state index contributed by atoms with van der Waals surface area (Å²) in [6.07, 6.45) is 0. The molecule has 2 rings (SSSR count). The molecule has 0 unspecified atom stereocenters. The van der Waals surface area contributed by atoms with E-state index in [1.165, 1.54) is 0 Å². The van der Waals surface area contributed by atoms with E-state index in [1.54, 1.807) is 24.3 Å². The zero-order valence-electron chi connectivity index (χ0n) is 12.3. The molecule has 5 heteroatoms. The van der Waals surface area contributed by atoms with Crippen molar-refractivity contribution in [2.24, 2.45) is 0 Å². The molecule has 0 aliphatic rings. The van der Waals surface area contributed by atoms with Gasteiger partial charge in [0.15, 0.2) is 6.61 Å². The molecule has 1 N–H and O–H groups in total. The van der Waals surface area contributed by atoms with Crippen LogP contribution >= 0.6 is 11.6 Å². The van der Waals surface area contributed by atoms with Gasteiger partial charge in [0.2, 0.25) is 0 Å². The van der Waals surface area contributed by atoms with Crippen molar-refractivity contribution in [3.8, 4) is 11.5 Å². The van der Waals surface area contributed by atoms with Crippen molar-refractivity contribution in [2.75, 3.05) is 13.2 Å². The minimum atomic E-state index is -0.203. The Morgan fingerprint density at radius 1 is 1.14 bits per heavy atom. The summed E-state index contributed by atoms with van der Waals surface area (Å²) < 4.78 is 10.9. The molecular weight excluding hydrogens is 302 g/mol. The predicted octanol–water partition coefficient (Wildman–Crippen LogP) is 3.43. The molecule has 0 aromatic heterocycles. The lowest BCUT2D eigenvalue weighted by molar-refractivity contribution is -0.123. The van der Waals surface area contributed by atoms with Gasteiger partial charge in [0.1, 0.15) is 11.5 Å². The monoisotopic (exact) mass is 319 g/mol. The molecule has 0 radical (unpaired) electrons. The van der Waals surface area contributed by atoms with Crippen LogP contribution < -0.4 is 14.8 Å². The third-order valence-electron chi connectivity index (χ3n) is 2.91. The Morgan fingerprint density at radius 2 is 1.95 bits per heavy atom. The summed E-state index contributed by atoms with van der Waals surface area (Å²) in [6, 6.07) is 14.6. The summed E-state index contributed by atoms with van der Waals surface area (Å²) >= 11 is 5.85. The highest BCUT2D eigenvalue weighted by Crippen LogP contribution is 2.18. The van der Waals surface area contributed by atoms with Crippen LogP contribution in [0.1, 0.15) is 12.5 Å². The number of halogens is 1. The first-order chi connectivity index (χ1) is 10.7. The highest BCUT2D eigenvalue weighted by molar-refractivity contribution is 6.30. The Balaban J connectivity index is 1.83. The van der Waals surface area contributed by atoms with Gasteiger partial charge in [0.05, 0.1) is 6.61 Å². The fourth-order valence-electron chi connectivity index (χ4n) is 1.90. The number of benzene rings is 2. The van der Waals surface area contributed by atoms with E-state index in [2.05, 4.69) is 5.32 Å². The highest BCUT2D eigenvalue weighted by atomic mass is 35.5. The smallest absolute Gasteiger partial charge is 0.258 e. The zero-order chi connectivity index (χ0) is 15.8. The van der Waals surface area contributed by atoms with Crippen molar-refractivity contribution in [1.82, 2.24) is 5.32 Å². The van der Waals surface area contributed by atoms with Crippen LogP contribution in [0.4, 0.5) is 0 Å². The number of ether oxygens (including phenoxy) is 2. The highest BCUT2D eigenvalue weighted by Gasteiger charge is 2.06. The Morgan fingerprint density at radius 3 is 2.73 bits per heavy atom. The lowest BCUT2D eigenvalue weighted by Gasteiger charge is -2.11. The van der Waals surface area contributed by atoms with Crippen molar-refractivity contribution in [3.05, 3.63) is 59.1 Å². The van der Waals surface area contributed by atoms with E-state index in [1.807, 2.05) is 31.2 Å². The van der Waals surface area contributed by atoms with Crippen LogP contribution in [0.2, 0.25) is 5.02 Å². The number of hydrogen-bond donors (Lipinski definition) is 1. The van der Waals surface area contributed by atoms with Gasteiger partial charge < -0.3 is 14.8 Å². The molecule has 0 bridgehead atoms. The molecule has 0 fully saturated rings. The maximum absolute atomic E-state index is 11.8. The van der Waals surface area contributed by atoms with Crippen LogP contribution in [0.25, 0.3) is 0 Å². The minimum Gasteiger partial charge on any atom is -0.494 e. The van der Waals surface area contributed by atoms with E-state index in [4.69, 9.17) is 21.1 Å². The van der Waals surface area contributed by atoms with Crippen LogP contribution in [0.5, 0.6) is 11.5 Å². The molecular formula is C17H18ClNO3. The quantitative estimate of drug-likeness (QED) is 0.850. The van der Waals surface area contributed by atoms with E-state index in [0.717, 1.165) is 11.3 Å². The Kier molecular flexibility index (Phi) is 6.10. The fraction of sp³-hybridized carbons (Fsp3) is 0.235. The van der Waals surface area contributed by atoms with Gasteiger partial charge in [-0.1, -0.05) is 35.9 Å². The molecule has 0 saturated carbocycles. The Hall–Kier alpha value is -2.20. The van der Waals surface area contributed by atoms with Crippen LogP contribution in [0.15, 0.2) is 48.5 Å². The molecule has 0 saturated heterocycles. The van der Waals surface area contributed by atoms with Gasteiger partial charge in [-0.05, 0) is 31.2 Å². The summed E-state index contributed by atoms with van der Waals surface area (Å²) in [5.41, 5.74) is 0.931. The molecule has 22 heavy (non-hydrogen) atoms. The van der Waals surface area contributed by atoms with Gasteiger partial charge >= 0.3 is 0 Å². The van der Waals surface area contributed by atoms with Gasteiger partial charge in [-0.15, -0.1) is 0 Å². The van der Waals surface area contributed by atoms with Gasteiger partial charge in [-0.2, -0.15) is 0 Å². The van der Waals surface area contributed by atoms with E-state index < -0.39 is 0 Å². The number of carbonyl (C=O) groups is 1. The normalized spacial score (nSPS) is 10.1. The lowest BCUT2D eigenvalue weighted by Crippen LogP contribution is -2.28. The standard InChI is InChI=1S/C17H18ClNO3/c1-2-21-16-9-4-3-6-13(16)11-19-17(20)12-22-15-8-5-7-14(18)10-15/h3-10H,2,11-12H2,1H3,(H,19,20). The summed E-state index contributed by atoms with van der Waals surface area (Å²) in [4.78, 5) is 11.8. The summed E-state index contributed by atoms with van der Waals surface area (Å²) in [7, 11) is 0. The summed E-state index contributed by atoms with van der Waals surface area (Å²) in [5.74, 6) is 1.14. The minimum absolute atomic E-state index is 0.0584. The third-order valence-corrected chi connectivity index (χ3v) is 3.15. The maximum Gasteiger partial charge on any atom is 0.258 e. The van der Waals surface area contributed by atoms with Crippen molar-refractivity contribution in [1.29, 1.82) is 0 Å². The second-order valence-electron chi connectivity index (χ2n) is 4.56. The third kappa shape index (κ3) is 4.97. The molecule has 0 spiro atoms. The van der Waals surface area contributed by atoms with Crippen LogP contribution in [-0.4, -0.2) is 19.1 Å². The van der Waals surface area contributed by atoms with E-state index in [0.29, 0.717) is 23.9 Å². The predicted molar refractivity (Wildman–Crippen MR) is 86.4 cm³/mol. The number of hydrogen-bond acceptors (Lipinski definition) is 3. The zero-order valence-corrected chi connectivity index (χ0v) is 13.1. The van der Waals surface area contributed by atoms with Gasteiger partial charge in [-0.3, -0.25) is 4.79 Å². The van der Waals surface area contributed by atoms with Crippen LogP contribution in [0.3, 0.4) is 0 Å². The summed E-state index contributed by atoms with van der Waals surface area (Å²) in [6.45, 7) is 2.85. The van der Waals surface area contributed by atoms with Crippen LogP contribution in [0, 0.1) is 0 Å². The Bertz CT molecular complexity index is 631. The van der Waals surface area contributed by atoms with Crippen molar-refractivity contribution in [3.63, 3.8) is 0 Å². The number of rotatable bonds is 7. The molecule has 0 atom stereocenters. The second kappa shape index (κ2) is 8.29. The topological polar surface area (TPSA) is 47.6 Å². The molecule has 0 aliphatic carbocycles. The molecule has 1 amide bonds. The van der Waals surface area contributed by atoms with Crippen molar-refractivity contribution >= 4 is 17.5 Å². The van der Waals surface area contributed by atoms with Crippen LogP contribution in [-0.2, 0) is 11.3 Å². The molecule has 4 nitrogen and oxygen atoms in total. The largest absolute Gasteiger partial charge is 0.494 e. The number of para-hydroxylation sites is 1. The van der Waals surface area contributed by atoms with Crippen molar-refractivity contribution < 1.29 is 14.3 Å². The fourth-order valence-corrected chi connectivity index (χ4v) is 2.08.